The summed E-state index contributed by atoms with van der Waals surface area (Å²) in [6, 6.07) is 6.39. The Morgan fingerprint density at radius 2 is 2.10 bits per heavy atom. The van der Waals surface area contributed by atoms with E-state index in [2.05, 4.69) is 5.32 Å². The van der Waals surface area contributed by atoms with E-state index in [1.54, 1.807) is 23.1 Å². The minimum absolute atomic E-state index is 0.00841. The van der Waals surface area contributed by atoms with Crippen LogP contribution in [0.25, 0.3) is 6.08 Å². The van der Waals surface area contributed by atoms with Crippen molar-refractivity contribution < 1.29 is 9.72 Å². The van der Waals surface area contributed by atoms with Crippen molar-refractivity contribution in [2.75, 3.05) is 26.2 Å². The van der Waals surface area contributed by atoms with Crippen molar-refractivity contribution in [3.05, 3.63) is 46.0 Å². The molecule has 1 aliphatic rings. The van der Waals surface area contributed by atoms with Crippen molar-refractivity contribution >= 4 is 17.7 Å². The number of carbonyl (C=O) groups excluding carboxylic acids is 1. The summed E-state index contributed by atoms with van der Waals surface area (Å²) in [5.74, 6) is -0.105. The van der Waals surface area contributed by atoms with Gasteiger partial charge in [0.05, 0.1) is 10.5 Å². The van der Waals surface area contributed by atoms with Crippen molar-refractivity contribution in [1.29, 1.82) is 0 Å². The zero-order chi connectivity index (χ0) is 14.4. The van der Waals surface area contributed by atoms with Crippen molar-refractivity contribution in [3.63, 3.8) is 0 Å². The molecule has 2 rings (SSSR count). The topological polar surface area (TPSA) is 75.5 Å². The van der Waals surface area contributed by atoms with Gasteiger partial charge in [-0.2, -0.15) is 0 Å². The second kappa shape index (κ2) is 6.81. The molecule has 1 aromatic carbocycles. The molecule has 0 bridgehead atoms. The summed E-state index contributed by atoms with van der Waals surface area (Å²) >= 11 is 0. The van der Waals surface area contributed by atoms with Gasteiger partial charge in [0, 0.05) is 31.8 Å². The molecular formula is C14H17N3O3. The van der Waals surface area contributed by atoms with Gasteiger partial charge in [0.15, 0.2) is 0 Å². The minimum atomic E-state index is -0.444. The summed E-state index contributed by atoms with van der Waals surface area (Å²) in [4.78, 5) is 24.2. The fraction of sp³-hybridized carbons (Fsp3) is 0.357. The normalized spacial score (nSPS) is 16.1. The Kier molecular flexibility index (Phi) is 4.84. The van der Waals surface area contributed by atoms with Crippen LogP contribution in [0.2, 0.25) is 0 Å². The van der Waals surface area contributed by atoms with Crippen molar-refractivity contribution in [1.82, 2.24) is 10.2 Å². The van der Waals surface area contributed by atoms with Crippen LogP contribution >= 0.6 is 0 Å². The highest BCUT2D eigenvalue weighted by molar-refractivity contribution is 5.92. The fourth-order valence-electron chi connectivity index (χ4n) is 2.13. The number of nitro benzene ring substituents is 1. The quantitative estimate of drug-likeness (QED) is 0.514. The van der Waals surface area contributed by atoms with Crippen molar-refractivity contribution in [2.24, 2.45) is 0 Å². The predicted molar refractivity (Wildman–Crippen MR) is 76.2 cm³/mol. The first-order valence-corrected chi connectivity index (χ1v) is 6.59. The third kappa shape index (κ3) is 3.64. The van der Waals surface area contributed by atoms with E-state index in [1.807, 2.05) is 0 Å². The maximum Gasteiger partial charge on any atom is 0.276 e. The lowest BCUT2D eigenvalue weighted by atomic mass is 10.1. The van der Waals surface area contributed by atoms with E-state index >= 15 is 0 Å². The Hall–Kier alpha value is -2.21. The molecular weight excluding hydrogens is 258 g/mol. The first-order chi connectivity index (χ1) is 9.68. The molecule has 1 heterocycles. The van der Waals surface area contributed by atoms with Crippen molar-refractivity contribution in [2.45, 2.75) is 6.42 Å². The Morgan fingerprint density at radius 3 is 2.90 bits per heavy atom. The van der Waals surface area contributed by atoms with Crippen LogP contribution in [-0.4, -0.2) is 41.9 Å². The monoisotopic (exact) mass is 275 g/mol. The number of hydrogen-bond donors (Lipinski definition) is 1. The number of nitro groups is 1. The molecule has 0 radical (unpaired) electrons. The molecule has 0 saturated carbocycles. The third-order valence-electron chi connectivity index (χ3n) is 3.19. The van der Waals surface area contributed by atoms with Crippen LogP contribution in [0, 0.1) is 10.1 Å². The first-order valence-electron chi connectivity index (χ1n) is 6.59. The van der Waals surface area contributed by atoms with Crippen LogP contribution in [0.1, 0.15) is 12.0 Å². The zero-order valence-corrected chi connectivity index (χ0v) is 11.1. The number of nitrogens with one attached hydrogen (secondary N) is 1. The summed E-state index contributed by atoms with van der Waals surface area (Å²) in [7, 11) is 0. The molecule has 1 saturated heterocycles. The first kappa shape index (κ1) is 14.2. The molecule has 0 aliphatic carbocycles. The molecule has 1 fully saturated rings. The summed E-state index contributed by atoms with van der Waals surface area (Å²) in [6.45, 7) is 3.08. The van der Waals surface area contributed by atoms with Gasteiger partial charge in [0.25, 0.3) is 5.69 Å². The lowest BCUT2D eigenvalue weighted by molar-refractivity contribution is -0.385. The minimum Gasteiger partial charge on any atom is -0.338 e. The Balaban J connectivity index is 2.08. The number of amides is 1. The highest BCUT2D eigenvalue weighted by Crippen LogP contribution is 2.19. The third-order valence-corrected chi connectivity index (χ3v) is 3.19. The summed E-state index contributed by atoms with van der Waals surface area (Å²) in [5.41, 5.74) is 0.452. The number of nitrogens with zero attached hydrogens (tertiary/aromatic N) is 2. The number of hydrogen-bond acceptors (Lipinski definition) is 4. The largest absolute Gasteiger partial charge is 0.338 e. The number of carbonyl (C=O) groups is 1. The van der Waals surface area contributed by atoms with Gasteiger partial charge < -0.3 is 10.2 Å². The highest BCUT2D eigenvalue weighted by Gasteiger charge is 2.14. The SMILES string of the molecule is O=C(C=Cc1ccccc1[N+](=O)[O-])N1CCCNCC1. The van der Waals surface area contributed by atoms with E-state index < -0.39 is 4.92 Å². The predicted octanol–water partition coefficient (Wildman–Crippen LogP) is 1.43. The lowest BCUT2D eigenvalue weighted by Gasteiger charge is -2.17. The molecule has 1 aliphatic heterocycles. The second-order valence-electron chi connectivity index (χ2n) is 4.58. The standard InChI is InChI=1S/C14H17N3O3/c18-14(16-10-3-8-15-9-11-16)7-6-12-4-1-2-5-13(12)17(19)20/h1-2,4-7,15H,3,8-11H2. The van der Waals surface area contributed by atoms with Gasteiger partial charge in [-0.05, 0) is 25.1 Å². The van der Waals surface area contributed by atoms with Crippen molar-refractivity contribution in [3.8, 4) is 0 Å². The Morgan fingerprint density at radius 1 is 1.30 bits per heavy atom. The lowest BCUT2D eigenvalue weighted by Crippen LogP contribution is -2.32. The molecule has 1 amide bonds. The van der Waals surface area contributed by atoms with Crippen LogP contribution in [0.5, 0.6) is 0 Å². The van der Waals surface area contributed by atoms with E-state index in [0.29, 0.717) is 18.7 Å². The van der Waals surface area contributed by atoms with E-state index in [4.69, 9.17) is 0 Å². The highest BCUT2D eigenvalue weighted by atomic mass is 16.6. The smallest absolute Gasteiger partial charge is 0.276 e. The van der Waals surface area contributed by atoms with E-state index in [0.717, 1.165) is 19.5 Å². The van der Waals surface area contributed by atoms with E-state index in [9.17, 15) is 14.9 Å². The fourth-order valence-corrected chi connectivity index (χ4v) is 2.13. The Labute approximate surface area is 117 Å². The second-order valence-corrected chi connectivity index (χ2v) is 4.58. The molecule has 1 N–H and O–H groups in total. The van der Waals surface area contributed by atoms with Gasteiger partial charge >= 0.3 is 0 Å². The molecule has 1 aromatic rings. The van der Waals surface area contributed by atoms with Gasteiger partial charge in [-0.15, -0.1) is 0 Å². The maximum atomic E-state index is 12.0. The molecule has 20 heavy (non-hydrogen) atoms. The Bertz CT molecular complexity index is 520. The molecule has 0 atom stereocenters. The number of para-hydroxylation sites is 1. The van der Waals surface area contributed by atoms with E-state index in [-0.39, 0.29) is 11.6 Å². The number of rotatable bonds is 3. The average molecular weight is 275 g/mol. The van der Waals surface area contributed by atoms with E-state index in [1.165, 1.54) is 18.2 Å². The summed E-state index contributed by atoms with van der Waals surface area (Å²) in [6.07, 6.45) is 3.84. The van der Waals surface area contributed by atoms with Gasteiger partial charge in [-0.3, -0.25) is 14.9 Å². The van der Waals surface area contributed by atoms with Gasteiger partial charge in [0.2, 0.25) is 5.91 Å². The summed E-state index contributed by atoms with van der Waals surface area (Å²) in [5, 5.41) is 14.1. The van der Waals surface area contributed by atoms with Crippen LogP contribution in [0.3, 0.4) is 0 Å². The molecule has 6 heteroatoms. The summed E-state index contributed by atoms with van der Waals surface area (Å²) < 4.78 is 0. The molecule has 0 aromatic heterocycles. The van der Waals surface area contributed by atoms with Gasteiger partial charge in [-0.1, -0.05) is 12.1 Å². The molecule has 106 valence electrons. The van der Waals surface area contributed by atoms with Crippen LogP contribution < -0.4 is 5.32 Å². The molecule has 0 spiro atoms. The zero-order valence-electron chi connectivity index (χ0n) is 11.1. The maximum absolute atomic E-state index is 12.0. The molecule has 0 unspecified atom stereocenters. The average Bonchev–Trinajstić information content (AvgIpc) is 2.74. The molecule has 6 nitrogen and oxygen atoms in total. The van der Waals surface area contributed by atoms with Gasteiger partial charge in [0.1, 0.15) is 0 Å². The van der Waals surface area contributed by atoms with Crippen LogP contribution in [-0.2, 0) is 4.79 Å². The van der Waals surface area contributed by atoms with Gasteiger partial charge in [-0.25, -0.2) is 0 Å². The van der Waals surface area contributed by atoms with Crippen LogP contribution in [0.15, 0.2) is 30.3 Å². The van der Waals surface area contributed by atoms with Crippen LogP contribution in [0.4, 0.5) is 5.69 Å². The number of benzene rings is 1.